The van der Waals surface area contributed by atoms with Crippen LogP contribution in [0.1, 0.15) is 32.4 Å². The normalized spacial score (nSPS) is 12.6. The molecule has 0 saturated heterocycles. The molecule has 1 atom stereocenters. The SMILES string of the molecule is CC(C)(C)OC(=O)N[C@@H](C[N+](=O)[O-])c1ccc(F)cc1. The molecule has 0 aliphatic rings. The molecule has 0 spiro atoms. The number of alkyl carbamates (subject to hydrolysis) is 1. The van der Waals surface area contributed by atoms with E-state index in [1.54, 1.807) is 20.8 Å². The van der Waals surface area contributed by atoms with Crippen molar-refractivity contribution in [1.29, 1.82) is 0 Å². The lowest BCUT2D eigenvalue weighted by atomic mass is 10.1. The van der Waals surface area contributed by atoms with Gasteiger partial charge in [0.25, 0.3) is 0 Å². The fourth-order valence-electron chi connectivity index (χ4n) is 1.53. The fourth-order valence-corrected chi connectivity index (χ4v) is 1.53. The van der Waals surface area contributed by atoms with Crippen LogP contribution in [-0.2, 0) is 4.74 Å². The quantitative estimate of drug-likeness (QED) is 0.680. The van der Waals surface area contributed by atoms with Crippen LogP contribution in [0.15, 0.2) is 24.3 Å². The molecule has 1 N–H and O–H groups in total. The highest BCUT2D eigenvalue weighted by Gasteiger charge is 2.23. The van der Waals surface area contributed by atoms with E-state index in [2.05, 4.69) is 5.32 Å². The average Bonchev–Trinajstić information content (AvgIpc) is 2.25. The predicted octanol–water partition coefficient (Wildman–Crippen LogP) is 2.67. The van der Waals surface area contributed by atoms with Crippen LogP contribution in [0.4, 0.5) is 9.18 Å². The van der Waals surface area contributed by atoms with E-state index in [1.807, 2.05) is 0 Å². The zero-order valence-corrected chi connectivity index (χ0v) is 11.6. The van der Waals surface area contributed by atoms with E-state index < -0.39 is 35.0 Å². The minimum Gasteiger partial charge on any atom is -0.444 e. The first kappa shape index (κ1) is 15.9. The fraction of sp³-hybridized carbons (Fsp3) is 0.462. The Kier molecular flexibility index (Phi) is 5.01. The summed E-state index contributed by atoms with van der Waals surface area (Å²) >= 11 is 0. The Balaban J connectivity index is 2.82. The lowest BCUT2D eigenvalue weighted by Crippen LogP contribution is -2.37. The lowest BCUT2D eigenvalue weighted by molar-refractivity contribution is -0.484. The Morgan fingerprint density at radius 1 is 1.40 bits per heavy atom. The maximum Gasteiger partial charge on any atom is 0.408 e. The molecule has 0 aliphatic carbocycles. The second-order valence-electron chi connectivity index (χ2n) is 5.27. The third-order valence-corrected chi connectivity index (χ3v) is 2.29. The third kappa shape index (κ3) is 5.64. The molecule has 0 bridgehead atoms. The number of carbonyl (C=O) groups is 1. The maximum absolute atomic E-state index is 12.9. The molecule has 1 rings (SSSR count). The molecule has 1 amide bonds. The zero-order valence-electron chi connectivity index (χ0n) is 11.6. The van der Waals surface area contributed by atoms with Gasteiger partial charge in [-0.15, -0.1) is 0 Å². The van der Waals surface area contributed by atoms with Crippen LogP contribution >= 0.6 is 0 Å². The Hall–Kier alpha value is -2.18. The molecule has 110 valence electrons. The number of amides is 1. The van der Waals surface area contributed by atoms with Gasteiger partial charge in [-0.05, 0) is 38.5 Å². The van der Waals surface area contributed by atoms with Gasteiger partial charge >= 0.3 is 6.09 Å². The molecule has 7 heteroatoms. The summed E-state index contributed by atoms with van der Waals surface area (Å²) < 4.78 is 17.9. The van der Waals surface area contributed by atoms with Gasteiger partial charge in [-0.3, -0.25) is 10.1 Å². The van der Waals surface area contributed by atoms with Crippen molar-refractivity contribution in [3.8, 4) is 0 Å². The van der Waals surface area contributed by atoms with Crippen molar-refractivity contribution in [2.24, 2.45) is 0 Å². The molecule has 0 radical (unpaired) electrons. The van der Waals surface area contributed by atoms with E-state index in [4.69, 9.17) is 4.74 Å². The first-order valence-corrected chi connectivity index (χ1v) is 6.04. The van der Waals surface area contributed by atoms with Gasteiger partial charge in [0, 0.05) is 4.92 Å². The molecule has 20 heavy (non-hydrogen) atoms. The molecule has 0 aromatic heterocycles. The molecule has 6 nitrogen and oxygen atoms in total. The zero-order chi connectivity index (χ0) is 15.3. The smallest absolute Gasteiger partial charge is 0.408 e. The van der Waals surface area contributed by atoms with Gasteiger partial charge in [-0.25, -0.2) is 9.18 Å². The van der Waals surface area contributed by atoms with Crippen LogP contribution in [0.2, 0.25) is 0 Å². The molecule has 1 aromatic carbocycles. The van der Waals surface area contributed by atoms with Crippen LogP contribution < -0.4 is 5.32 Å². The number of carbonyl (C=O) groups excluding carboxylic acids is 1. The van der Waals surface area contributed by atoms with E-state index in [-0.39, 0.29) is 0 Å². The predicted molar refractivity (Wildman–Crippen MR) is 70.4 cm³/mol. The highest BCUT2D eigenvalue weighted by Crippen LogP contribution is 2.15. The Labute approximate surface area is 116 Å². The van der Waals surface area contributed by atoms with Gasteiger partial charge in [-0.2, -0.15) is 0 Å². The van der Waals surface area contributed by atoms with Crippen molar-refractivity contribution >= 4 is 6.09 Å². The standard InChI is InChI=1S/C13H17FN2O4/c1-13(2,3)20-12(17)15-11(8-16(18)19)9-4-6-10(14)7-5-9/h4-7,11H,8H2,1-3H3,(H,15,17)/t11-/m0/s1. The van der Waals surface area contributed by atoms with Gasteiger partial charge in [0.15, 0.2) is 0 Å². The number of nitrogens with zero attached hydrogens (tertiary/aromatic N) is 1. The summed E-state index contributed by atoms with van der Waals surface area (Å²) in [5, 5.41) is 13.1. The van der Waals surface area contributed by atoms with Gasteiger partial charge in [0.2, 0.25) is 6.54 Å². The minimum absolute atomic E-state index is 0.439. The molecule has 0 unspecified atom stereocenters. The molecule has 0 saturated carbocycles. The second kappa shape index (κ2) is 6.31. The van der Waals surface area contributed by atoms with E-state index in [0.717, 1.165) is 0 Å². The molecule has 0 fully saturated rings. The van der Waals surface area contributed by atoms with Crippen molar-refractivity contribution in [3.05, 3.63) is 45.8 Å². The largest absolute Gasteiger partial charge is 0.444 e. The number of halogens is 1. The van der Waals surface area contributed by atoms with Crippen LogP contribution in [0.25, 0.3) is 0 Å². The summed E-state index contributed by atoms with van der Waals surface area (Å²) in [6.45, 7) is 4.55. The molecular formula is C13H17FN2O4. The topological polar surface area (TPSA) is 81.5 Å². The summed E-state index contributed by atoms with van der Waals surface area (Å²) in [4.78, 5) is 21.8. The van der Waals surface area contributed by atoms with Crippen LogP contribution in [0.3, 0.4) is 0 Å². The number of hydrogen-bond acceptors (Lipinski definition) is 4. The Morgan fingerprint density at radius 2 is 1.95 bits per heavy atom. The van der Waals surface area contributed by atoms with Crippen molar-refractivity contribution in [2.45, 2.75) is 32.4 Å². The number of rotatable bonds is 4. The second-order valence-corrected chi connectivity index (χ2v) is 5.27. The van der Waals surface area contributed by atoms with Crippen molar-refractivity contribution in [3.63, 3.8) is 0 Å². The van der Waals surface area contributed by atoms with Crippen LogP contribution in [0, 0.1) is 15.9 Å². The average molecular weight is 284 g/mol. The van der Waals surface area contributed by atoms with Crippen LogP contribution in [-0.4, -0.2) is 23.2 Å². The Bertz CT molecular complexity index is 482. The number of nitrogens with one attached hydrogen (secondary N) is 1. The van der Waals surface area contributed by atoms with Gasteiger partial charge < -0.3 is 10.1 Å². The first-order chi connectivity index (χ1) is 9.17. The summed E-state index contributed by atoms with van der Waals surface area (Å²) in [5.74, 6) is -0.453. The van der Waals surface area contributed by atoms with Crippen LogP contribution in [0.5, 0.6) is 0 Å². The Morgan fingerprint density at radius 3 is 2.40 bits per heavy atom. The van der Waals surface area contributed by atoms with Gasteiger partial charge in [-0.1, -0.05) is 12.1 Å². The monoisotopic (exact) mass is 284 g/mol. The van der Waals surface area contributed by atoms with Gasteiger partial charge in [0.05, 0.1) is 0 Å². The van der Waals surface area contributed by atoms with Crippen molar-refractivity contribution in [1.82, 2.24) is 5.32 Å². The molecule has 0 heterocycles. The molecule has 1 aromatic rings. The minimum atomic E-state index is -0.875. The van der Waals surface area contributed by atoms with E-state index in [9.17, 15) is 19.3 Å². The van der Waals surface area contributed by atoms with E-state index in [0.29, 0.717) is 5.56 Å². The maximum atomic E-state index is 12.9. The van der Waals surface area contributed by atoms with Crippen molar-refractivity contribution in [2.75, 3.05) is 6.54 Å². The number of benzene rings is 1. The van der Waals surface area contributed by atoms with E-state index in [1.165, 1.54) is 24.3 Å². The molecule has 0 aliphatic heterocycles. The summed E-state index contributed by atoms with van der Waals surface area (Å²) in [5.41, 5.74) is -0.263. The van der Waals surface area contributed by atoms with Crippen molar-refractivity contribution < 1.29 is 18.8 Å². The number of ether oxygens (including phenoxy) is 1. The first-order valence-electron chi connectivity index (χ1n) is 6.04. The lowest BCUT2D eigenvalue weighted by Gasteiger charge is -2.22. The number of nitro groups is 1. The molecular weight excluding hydrogens is 267 g/mol. The van der Waals surface area contributed by atoms with E-state index >= 15 is 0 Å². The van der Waals surface area contributed by atoms with Gasteiger partial charge in [0.1, 0.15) is 17.5 Å². The highest BCUT2D eigenvalue weighted by molar-refractivity contribution is 5.68. The summed E-state index contributed by atoms with van der Waals surface area (Å²) in [7, 11) is 0. The third-order valence-electron chi connectivity index (χ3n) is 2.29. The number of hydrogen-bond donors (Lipinski definition) is 1. The summed E-state index contributed by atoms with van der Waals surface area (Å²) in [6, 6.07) is 4.26. The highest BCUT2D eigenvalue weighted by atomic mass is 19.1. The summed E-state index contributed by atoms with van der Waals surface area (Å²) in [6.07, 6.45) is -0.756.